The molecule has 9 nitrogen and oxygen atoms in total. The largest absolute Gasteiger partial charge is 0.470 e. The number of morpholine rings is 1. The monoisotopic (exact) mass is 544 g/mol. The van der Waals surface area contributed by atoms with Crippen LogP contribution in [0.4, 0.5) is 20.6 Å². The lowest BCUT2D eigenvalue weighted by atomic mass is 9.95. The second-order valence-corrected chi connectivity index (χ2v) is 10.7. The minimum absolute atomic E-state index is 0.248. The fraction of sp³-hybridized carbons (Fsp3) is 0.333. The topological polar surface area (TPSA) is 94.5 Å². The zero-order valence-electron chi connectivity index (χ0n) is 22.5. The van der Waals surface area contributed by atoms with Crippen molar-refractivity contribution in [3.63, 3.8) is 0 Å². The summed E-state index contributed by atoms with van der Waals surface area (Å²) in [6, 6.07) is 12.2. The van der Waals surface area contributed by atoms with Crippen LogP contribution in [0.1, 0.15) is 31.9 Å². The maximum Gasteiger partial charge on any atom is 0.412 e. The van der Waals surface area contributed by atoms with Crippen LogP contribution in [0.3, 0.4) is 0 Å². The molecule has 1 aromatic heterocycles. The average Bonchev–Trinajstić information content (AvgIpc) is 3.75. The Kier molecular flexibility index (Phi) is 6.65. The lowest BCUT2D eigenvalue weighted by Gasteiger charge is -2.29. The second kappa shape index (κ2) is 10.3. The van der Waals surface area contributed by atoms with Crippen molar-refractivity contribution in [1.82, 2.24) is 4.98 Å². The Bertz CT molecular complexity index is 1550. The van der Waals surface area contributed by atoms with Gasteiger partial charge in [0, 0.05) is 53.9 Å². The maximum absolute atomic E-state index is 15.5. The molecular weight excluding hydrogens is 515 g/mol. The van der Waals surface area contributed by atoms with Gasteiger partial charge < -0.3 is 23.8 Å². The summed E-state index contributed by atoms with van der Waals surface area (Å²) in [7, 11) is 0. The molecule has 1 fully saturated rings. The Morgan fingerprint density at radius 2 is 1.93 bits per heavy atom. The summed E-state index contributed by atoms with van der Waals surface area (Å²) < 4.78 is 38.6. The zero-order chi connectivity index (χ0) is 27.9. The Balaban J connectivity index is 1.32. The van der Waals surface area contributed by atoms with E-state index in [2.05, 4.69) is 26.1 Å². The minimum atomic E-state index is -0.609. The molecular formula is C30H29FN4O5. The number of nitrogens with zero attached hydrogens (tertiary/aromatic N) is 3. The average molecular weight is 545 g/mol. The Labute approximate surface area is 231 Å². The van der Waals surface area contributed by atoms with E-state index >= 15 is 4.39 Å². The third-order valence-corrected chi connectivity index (χ3v) is 6.53. The van der Waals surface area contributed by atoms with Gasteiger partial charge in [-0.15, -0.1) is 0 Å². The summed E-state index contributed by atoms with van der Waals surface area (Å²) in [5.41, 5.74) is 3.89. The van der Waals surface area contributed by atoms with Crippen LogP contribution >= 0.6 is 0 Å². The molecule has 3 aliphatic rings. The molecule has 0 radical (unpaired) electrons. The molecule has 40 heavy (non-hydrogen) atoms. The van der Waals surface area contributed by atoms with Crippen LogP contribution in [0.5, 0.6) is 17.4 Å². The molecule has 0 unspecified atom stereocenters. The number of carbonyl (C=O) groups is 1. The number of hydrogen-bond donors (Lipinski definition) is 1. The number of ether oxygens (including phenoxy) is 4. The normalized spacial score (nSPS) is 15.4. The molecule has 6 rings (SSSR count). The second-order valence-electron chi connectivity index (χ2n) is 10.7. The zero-order valence-corrected chi connectivity index (χ0v) is 22.5. The van der Waals surface area contributed by atoms with E-state index in [0.717, 1.165) is 22.5 Å². The van der Waals surface area contributed by atoms with Crippen LogP contribution in [0, 0.1) is 5.82 Å². The number of benzene rings is 2. The van der Waals surface area contributed by atoms with Crippen molar-refractivity contribution in [3.8, 4) is 28.6 Å². The molecule has 4 heterocycles. The van der Waals surface area contributed by atoms with E-state index < -0.39 is 17.5 Å². The molecule has 0 atom stereocenters. The quantitative estimate of drug-likeness (QED) is 0.332. The highest BCUT2D eigenvalue weighted by molar-refractivity contribution is 5.85. The first-order valence-electron chi connectivity index (χ1n) is 13.1. The molecule has 3 aliphatic heterocycles. The summed E-state index contributed by atoms with van der Waals surface area (Å²) in [5.74, 6) is 3.66. The molecule has 1 saturated heterocycles. The van der Waals surface area contributed by atoms with Crippen LogP contribution < -0.4 is 19.7 Å². The van der Waals surface area contributed by atoms with E-state index in [0.29, 0.717) is 61.5 Å². The van der Waals surface area contributed by atoms with Gasteiger partial charge in [-0.1, -0.05) is 6.07 Å². The fourth-order valence-corrected chi connectivity index (χ4v) is 4.67. The number of carbonyl (C=O) groups excluding carboxylic acids is 1. The van der Waals surface area contributed by atoms with Gasteiger partial charge >= 0.3 is 6.09 Å². The van der Waals surface area contributed by atoms with E-state index in [1.165, 1.54) is 6.07 Å². The number of hydrogen-bond acceptors (Lipinski definition) is 8. The molecule has 0 bridgehead atoms. The van der Waals surface area contributed by atoms with E-state index in [9.17, 15) is 4.79 Å². The van der Waals surface area contributed by atoms with Gasteiger partial charge in [0.05, 0.1) is 24.5 Å². The molecule has 0 aliphatic carbocycles. The smallest absolute Gasteiger partial charge is 0.412 e. The van der Waals surface area contributed by atoms with Crippen LogP contribution in [0.15, 0.2) is 53.2 Å². The number of aromatic nitrogens is 1. The first-order chi connectivity index (χ1) is 19.2. The van der Waals surface area contributed by atoms with Crippen molar-refractivity contribution < 1.29 is 28.1 Å². The van der Waals surface area contributed by atoms with Crippen molar-refractivity contribution in [1.29, 1.82) is 0 Å². The van der Waals surface area contributed by atoms with Crippen molar-refractivity contribution in [3.05, 3.63) is 65.1 Å². The first kappa shape index (κ1) is 25.9. The van der Waals surface area contributed by atoms with Crippen molar-refractivity contribution >= 4 is 23.3 Å². The van der Waals surface area contributed by atoms with Crippen LogP contribution in [-0.2, 0) is 15.9 Å². The van der Waals surface area contributed by atoms with Gasteiger partial charge in [0.2, 0.25) is 5.88 Å². The van der Waals surface area contributed by atoms with Gasteiger partial charge in [0.25, 0.3) is 0 Å². The van der Waals surface area contributed by atoms with Gasteiger partial charge in [-0.05, 0) is 51.1 Å². The van der Waals surface area contributed by atoms with Crippen molar-refractivity contribution in [2.45, 2.75) is 32.8 Å². The number of aliphatic imine (C=N–C) groups is 1. The SMILES string of the molecule is CC(C)(C)OC(=O)Nc1ccc2c(c1)Cc1ccc(F)c(-c3cc(N4CCOCC4)cc(OCC4=C=N4)n3)c1O2. The summed E-state index contributed by atoms with van der Waals surface area (Å²) >= 11 is 0. The highest BCUT2D eigenvalue weighted by Gasteiger charge is 2.26. The Hall–Kier alpha value is -4.40. The van der Waals surface area contributed by atoms with Gasteiger partial charge in [-0.3, -0.25) is 5.32 Å². The number of nitrogens with one attached hydrogen (secondary N) is 1. The van der Waals surface area contributed by atoms with Gasteiger partial charge in [-0.25, -0.2) is 14.2 Å². The van der Waals surface area contributed by atoms with E-state index in [1.54, 1.807) is 39.0 Å². The predicted octanol–water partition coefficient (Wildman–Crippen LogP) is 5.71. The van der Waals surface area contributed by atoms with Crippen LogP contribution in [-0.4, -0.2) is 55.5 Å². The van der Waals surface area contributed by atoms with Crippen LogP contribution in [0.2, 0.25) is 0 Å². The molecule has 3 aromatic rings. The summed E-state index contributed by atoms with van der Waals surface area (Å²) in [5, 5.41) is 2.76. The third-order valence-electron chi connectivity index (χ3n) is 6.53. The summed E-state index contributed by atoms with van der Waals surface area (Å²) in [6.07, 6.45) is -0.0532. The van der Waals surface area contributed by atoms with E-state index in [1.807, 2.05) is 18.2 Å². The Morgan fingerprint density at radius 1 is 1.12 bits per heavy atom. The minimum Gasteiger partial charge on any atom is -0.470 e. The van der Waals surface area contributed by atoms with Gasteiger partial charge in [0.15, 0.2) is 0 Å². The highest BCUT2D eigenvalue weighted by Crippen LogP contribution is 2.45. The van der Waals surface area contributed by atoms with Crippen molar-refractivity contribution in [2.24, 2.45) is 4.99 Å². The van der Waals surface area contributed by atoms with Gasteiger partial charge in [0.1, 0.15) is 35.2 Å². The lowest BCUT2D eigenvalue weighted by molar-refractivity contribution is 0.0636. The number of rotatable bonds is 6. The molecule has 2 aromatic carbocycles. The van der Waals surface area contributed by atoms with E-state index in [4.69, 9.17) is 18.9 Å². The number of halogens is 1. The Morgan fingerprint density at radius 3 is 2.67 bits per heavy atom. The molecule has 10 heteroatoms. The number of pyridine rings is 1. The fourth-order valence-electron chi connectivity index (χ4n) is 4.67. The van der Waals surface area contributed by atoms with Crippen LogP contribution in [0.25, 0.3) is 11.3 Å². The summed E-state index contributed by atoms with van der Waals surface area (Å²) in [4.78, 5) is 23.0. The first-order valence-corrected chi connectivity index (χ1v) is 13.1. The van der Waals surface area contributed by atoms with E-state index in [-0.39, 0.29) is 12.2 Å². The predicted molar refractivity (Wildman–Crippen MR) is 148 cm³/mol. The van der Waals surface area contributed by atoms with Crippen molar-refractivity contribution in [2.75, 3.05) is 43.1 Å². The number of fused-ring (bicyclic) bond motifs is 2. The lowest BCUT2D eigenvalue weighted by Crippen LogP contribution is -2.36. The molecule has 206 valence electrons. The summed E-state index contributed by atoms with van der Waals surface area (Å²) in [6.45, 7) is 8.29. The van der Waals surface area contributed by atoms with Gasteiger partial charge in [-0.2, -0.15) is 4.99 Å². The molecule has 0 spiro atoms. The standard InChI is InChI=1S/C30H29FN4O5/c1-30(2,3)40-29(36)33-20-5-7-25-19(13-20)12-18-4-6-23(31)27(28(18)39-25)24-14-22(35-8-10-37-11-9-35)15-26(34-24)38-17-21-16-32-21/h4-7,13-15H,8-12,17H2,1-3H3,(H,33,36). The maximum atomic E-state index is 15.5. The number of anilines is 2. The third kappa shape index (κ3) is 5.78. The molecule has 0 saturated carbocycles. The number of amides is 1. The molecule has 1 amide bonds. The molecule has 1 N–H and O–H groups in total. The highest BCUT2D eigenvalue weighted by atomic mass is 19.1.